The van der Waals surface area contributed by atoms with E-state index < -0.39 is 0 Å². The predicted octanol–water partition coefficient (Wildman–Crippen LogP) is 5.80. The number of nitrogens with zero attached hydrogens (tertiary/aromatic N) is 3. The van der Waals surface area contributed by atoms with Gasteiger partial charge >= 0.3 is 0 Å². The summed E-state index contributed by atoms with van der Waals surface area (Å²) in [5.41, 5.74) is 4.62. The molecule has 0 fully saturated rings. The van der Waals surface area contributed by atoms with E-state index in [1.165, 1.54) is 0 Å². The highest BCUT2D eigenvalue weighted by Gasteiger charge is 2.15. The summed E-state index contributed by atoms with van der Waals surface area (Å²) in [4.78, 5) is 27.1. The van der Waals surface area contributed by atoms with Crippen LogP contribution in [0.1, 0.15) is 21.8 Å². The number of carbonyl (C=O) groups is 1. The SMILES string of the molecule is COc1ccc(-c2cc(C(=O)NCCCc3nc(-c4ccccn4)cs3)c3ccccc3n2)cc1OC. The number of thiazole rings is 1. The molecule has 186 valence electrons. The number of ether oxygens (including phenoxy) is 2. The lowest BCUT2D eigenvalue weighted by Gasteiger charge is -2.12. The second kappa shape index (κ2) is 11.2. The number of nitrogens with one attached hydrogen (secondary N) is 1. The number of carbonyl (C=O) groups excluding carboxylic acids is 1. The first kappa shape index (κ1) is 24.4. The number of para-hydroxylation sites is 1. The van der Waals surface area contributed by atoms with Crippen molar-refractivity contribution in [1.29, 1.82) is 0 Å². The largest absolute Gasteiger partial charge is 0.493 e. The minimum Gasteiger partial charge on any atom is -0.493 e. The van der Waals surface area contributed by atoms with E-state index in [9.17, 15) is 4.79 Å². The molecule has 0 radical (unpaired) electrons. The highest BCUT2D eigenvalue weighted by Crippen LogP contribution is 2.33. The molecule has 3 aromatic heterocycles. The molecule has 0 atom stereocenters. The van der Waals surface area contributed by atoms with Crippen LogP contribution >= 0.6 is 11.3 Å². The van der Waals surface area contributed by atoms with E-state index in [1.807, 2.05) is 72.1 Å². The molecule has 7 nitrogen and oxygen atoms in total. The topological polar surface area (TPSA) is 86.2 Å². The maximum atomic E-state index is 13.3. The number of aromatic nitrogens is 3. The molecule has 0 aliphatic heterocycles. The Labute approximate surface area is 219 Å². The number of fused-ring (bicyclic) bond motifs is 1. The van der Waals surface area contributed by atoms with Crippen molar-refractivity contribution in [1.82, 2.24) is 20.3 Å². The van der Waals surface area contributed by atoms with Gasteiger partial charge in [-0.2, -0.15) is 0 Å². The van der Waals surface area contributed by atoms with E-state index in [0.717, 1.165) is 45.7 Å². The van der Waals surface area contributed by atoms with E-state index in [1.54, 1.807) is 31.8 Å². The Morgan fingerprint density at radius 2 is 1.73 bits per heavy atom. The van der Waals surface area contributed by atoms with Gasteiger partial charge in [0, 0.05) is 35.5 Å². The number of rotatable bonds is 9. The molecule has 3 heterocycles. The van der Waals surface area contributed by atoms with Crippen LogP contribution in [0.25, 0.3) is 33.5 Å². The smallest absolute Gasteiger partial charge is 0.252 e. The number of hydrogen-bond acceptors (Lipinski definition) is 7. The second-order valence-electron chi connectivity index (χ2n) is 8.34. The van der Waals surface area contributed by atoms with E-state index in [2.05, 4.69) is 15.3 Å². The monoisotopic (exact) mass is 510 g/mol. The maximum Gasteiger partial charge on any atom is 0.252 e. The number of hydrogen-bond donors (Lipinski definition) is 1. The van der Waals surface area contributed by atoms with Gasteiger partial charge in [-0.15, -0.1) is 11.3 Å². The predicted molar refractivity (Wildman–Crippen MR) is 146 cm³/mol. The van der Waals surface area contributed by atoms with Gasteiger partial charge in [0.15, 0.2) is 11.5 Å². The van der Waals surface area contributed by atoms with Gasteiger partial charge in [-0.1, -0.05) is 24.3 Å². The number of pyridine rings is 2. The molecule has 0 unspecified atom stereocenters. The zero-order valence-electron chi connectivity index (χ0n) is 20.6. The molecular weight excluding hydrogens is 484 g/mol. The van der Waals surface area contributed by atoms with Crippen molar-refractivity contribution in [3.8, 4) is 34.1 Å². The molecule has 0 bridgehead atoms. The Bertz CT molecular complexity index is 1540. The summed E-state index contributed by atoms with van der Waals surface area (Å²) in [6, 6.07) is 20.9. The van der Waals surface area contributed by atoms with Crippen LogP contribution in [0.4, 0.5) is 0 Å². The average molecular weight is 511 g/mol. The van der Waals surface area contributed by atoms with Crippen LogP contribution in [0.2, 0.25) is 0 Å². The lowest BCUT2D eigenvalue weighted by Crippen LogP contribution is -2.25. The highest BCUT2D eigenvalue weighted by atomic mass is 32.1. The molecule has 1 amide bonds. The summed E-state index contributed by atoms with van der Waals surface area (Å²) in [5.74, 6) is 1.11. The molecule has 2 aromatic carbocycles. The van der Waals surface area contributed by atoms with Crippen LogP contribution in [0.3, 0.4) is 0 Å². The lowest BCUT2D eigenvalue weighted by atomic mass is 10.0. The molecule has 8 heteroatoms. The molecular formula is C29H26N4O3S. The van der Waals surface area contributed by atoms with Gasteiger partial charge in [0.25, 0.3) is 5.91 Å². The van der Waals surface area contributed by atoms with Crippen LogP contribution < -0.4 is 14.8 Å². The summed E-state index contributed by atoms with van der Waals surface area (Å²) in [7, 11) is 3.20. The van der Waals surface area contributed by atoms with Crippen LogP contribution in [0, 0.1) is 0 Å². The lowest BCUT2D eigenvalue weighted by molar-refractivity contribution is 0.0955. The normalized spacial score (nSPS) is 10.9. The molecule has 0 saturated carbocycles. The fraction of sp³-hybridized carbons (Fsp3) is 0.172. The standard InChI is InChI=1S/C29H26N4O3S/c1-35-26-13-12-19(16-27(26)36-2)24-17-21(20-8-3-4-9-22(20)32-24)29(34)31-15-7-11-28-33-25(18-37-28)23-10-5-6-14-30-23/h3-6,8-10,12-14,16-18H,7,11,15H2,1-2H3,(H,31,34). The van der Waals surface area contributed by atoms with Gasteiger partial charge in [0.2, 0.25) is 0 Å². The number of methoxy groups -OCH3 is 2. The third-order valence-corrected chi connectivity index (χ3v) is 6.88. The average Bonchev–Trinajstić information content (AvgIpc) is 3.43. The van der Waals surface area contributed by atoms with Gasteiger partial charge < -0.3 is 14.8 Å². The van der Waals surface area contributed by atoms with Crippen molar-refractivity contribution < 1.29 is 14.3 Å². The minimum absolute atomic E-state index is 0.131. The molecule has 0 saturated heterocycles. The van der Waals surface area contributed by atoms with Gasteiger partial charge in [0.05, 0.1) is 47.4 Å². The first-order chi connectivity index (χ1) is 18.2. The Morgan fingerprint density at radius 1 is 0.892 bits per heavy atom. The van der Waals surface area contributed by atoms with Crippen LogP contribution in [-0.4, -0.2) is 41.6 Å². The number of benzene rings is 2. The van der Waals surface area contributed by atoms with Gasteiger partial charge in [-0.25, -0.2) is 9.97 Å². The minimum atomic E-state index is -0.131. The van der Waals surface area contributed by atoms with Crippen molar-refractivity contribution in [2.45, 2.75) is 12.8 Å². The fourth-order valence-corrected chi connectivity index (χ4v) is 4.94. The van der Waals surface area contributed by atoms with Crippen molar-refractivity contribution in [3.05, 3.63) is 88.9 Å². The third-order valence-electron chi connectivity index (χ3n) is 5.97. The second-order valence-corrected chi connectivity index (χ2v) is 9.29. The molecule has 0 aliphatic rings. The van der Waals surface area contributed by atoms with Crippen molar-refractivity contribution in [2.24, 2.45) is 0 Å². The van der Waals surface area contributed by atoms with E-state index in [-0.39, 0.29) is 5.91 Å². The zero-order valence-corrected chi connectivity index (χ0v) is 21.4. The van der Waals surface area contributed by atoms with Crippen molar-refractivity contribution in [3.63, 3.8) is 0 Å². The van der Waals surface area contributed by atoms with Crippen LogP contribution in [0.15, 0.2) is 78.3 Å². The van der Waals surface area contributed by atoms with Gasteiger partial charge in [-0.05, 0) is 48.9 Å². The Balaban J connectivity index is 1.30. The maximum absolute atomic E-state index is 13.3. The molecule has 37 heavy (non-hydrogen) atoms. The zero-order chi connectivity index (χ0) is 25.6. The number of amides is 1. The molecule has 1 N–H and O–H groups in total. The highest BCUT2D eigenvalue weighted by molar-refractivity contribution is 7.09. The van der Waals surface area contributed by atoms with Crippen molar-refractivity contribution >= 4 is 28.1 Å². The summed E-state index contributed by atoms with van der Waals surface area (Å²) >= 11 is 1.62. The first-order valence-electron chi connectivity index (χ1n) is 11.9. The van der Waals surface area contributed by atoms with Crippen molar-refractivity contribution in [2.75, 3.05) is 20.8 Å². The number of aryl methyl sites for hydroxylation is 1. The summed E-state index contributed by atoms with van der Waals surface area (Å²) in [6.07, 6.45) is 3.33. The summed E-state index contributed by atoms with van der Waals surface area (Å²) in [6.45, 7) is 0.541. The molecule has 0 spiro atoms. The quantitative estimate of drug-likeness (QED) is 0.252. The van der Waals surface area contributed by atoms with Gasteiger partial charge in [0.1, 0.15) is 0 Å². The van der Waals surface area contributed by atoms with Crippen LogP contribution in [0.5, 0.6) is 11.5 Å². The summed E-state index contributed by atoms with van der Waals surface area (Å²) in [5, 5.41) is 6.93. The first-order valence-corrected chi connectivity index (χ1v) is 12.8. The van der Waals surface area contributed by atoms with E-state index in [4.69, 9.17) is 14.5 Å². The van der Waals surface area contributed by atoms with E-state index >= 15 is 0 Å². The third kappa shape index (κ3) is 5.44. The molecule has 0 aliphatic carbocycles. The Hall–Kier alpha value is -4.30. The molecule has 5 rings (SSSR count). The Kier molecular flexibility index (Phi) is 7.37. The fourth-order valence-electron chi connectivity index (χ4n) is 4.10. The Morgan fingerprint density at radius 3 is 2.54 bits per heavy atom. The van der Waals surface area contributed by atoms with Crippen LogP contribution in [-0.2, 0) is 6.42 Å². The van der Waals surface area contributed by atoms with Gasteiger partial charge in [-0.3, -0.25) is 9.78 Å². The molecule has 5 aromatic rings. The van der Waals surface area contributed by atoms with E-state index in [0.29, 0.717) is 29.3 Å². The summed E-state index contributed by atoms with van der Waals surface area (Å²) < 4.78 is 10.8.